The van der Waals surface area contributed by atoms with Gasteiger partial charge in [-0.1, -0.05) is 50.7 Å². The van der Waals surface area contributed by atoms with Gasteiger partial charge in [-0.15, -0.1) is 0 Å². The van der Waals surface area contributed by atoms with E-state index in [2.05, 4.69) is 32.1 Å². The number of ether oxygens (including phenoxy) is 2. The topological polar surface area (TPSA) is 88.7 Å². The zero-order valence-corrected chi connectivity index (χ0v) is 20.5. The Morgan fingerprint density at radius 2 is 1.61 bits per heavy atom. The van der Waals surface area contributed by atoms with Crippen LogP contribution in [0.1, 0.15) is 12.8 Å². The van der Waals surface area contributed by atoms with Gasteiger partial charge in [-0.25, -0.2) is 0 Å². The Morgan fingerprint density at radius 1 is 0.935 bits per heavy atom. The first-order valence-electron chi connectivity index (χ1n) is 8.79. The summed E-state index contributed by atoms with van der Waals surface area (Å²) in [4.78, 5) is 23.7. The van der Waals surface area contributed by atoms with Crippen molar-refractivity contribution in [3.63, 3.8) is 0 Å². The number of halogens is 4. The van der Waals surface area contributed by atoms with Crippen molar-refractivity contribution in [1.82, 2.24) is 16.2 Å². The molecule has 31 heavy (non-hydrogen) atoms. The molecule has 12 heteroatoms. The van der Waals surface area contributed by atoms with E-state index in [1.165, 1.54) is 0 Å². The predicted molar refractivity (Wildman–Crippen MR) is 128 cm³/mol. The molecular weight excluding hydrogens is 553 g/mol. The fourth-order valence-electron chi connectivity index (χ4n) is 2.13. The van der Waals surface area contributed by atoms with Gasteiger partial charge in [-0.05, 0) is 55.0 Å². The lowest BCUT2D eigenvalue weighted by atomic mass is 10.3. The molecule has 0 aliphatic rings. The number of thiocarbonyl (C=S) groups is 1. The van der Waals surface area contributed by atoms with Crippen LogP contribution in [-0.2, 0) is 9.59 Å². The summed E-state index contributed by atoms with van der Waals surface area (Å²) in [7, 11) is 0. The van der Waals surface area contributed by atoms with Gasteiger partial charge in [0.25, 0.3) is 5.91 Å². The van der Waals surface area contributed by atoms with Crippen LogP contribution >= 0.6 is 63.0 Å². The number of hydrazine groups is 1. The van der Waals surface area contributed by atoms with Crippen LogP contribution in [0.3, 0.4) is 0 Å². The summed E-state index contributed by atoms with van der Waals surface area (Å²) >= 11 is 26.1. The highest BCUT2D eigenvalue weighted by Crippen LogP contribution is 2.28. The van der Waals surface area contributed by atoms with E-state index in [0.717, 1.165) is 4.47 Å². The molecule has 2 amide bonds. The van der Waals surface area contributed by atoms with Crippen molar-refractivity contribution in [3.8, 4) is 11.5 Å². The van der Waals surface area contributed by atoms with E-state index in [1.54, 1.807) is 36.4 Å². The van der Waals surface area contributed by atoms with Gasteiger partial charge in [0.1, 0.15) is 11.5 Å². The summed E-state index contributed by atoms with van der Waals surface area (Å²) in [6.45, 7) is -0.0202. The first-order chi connectivity index (χ1) is 14.7. The van der Waals surface area contributed by atoms with E-state index in [4.69, 9.17) is 56.5 Å². The molecule has 2 aromatic rings. The molecule has 0 spiro atoms. The number of rotatable bonds is 8. The average molecular weight is 570 g/mol. The zero-order valence-electron chi connectivity index (χ0n) is 15.8. The number of benzene rings is 2. The summed E-state index contributed by atoms with van der Waals surface area (Å²) in [6.07, 6.45) is 0.604. The molecular formula is C19H17BrCl3N3O4S. The minimum Gasteiger partial charge on any atom is -0.492 e. The van der Waals surface area contributed by atoms with Gasteiger partial charge in [-0.3, -0.25) is 25.8 Å². The highest BCUT2D eigenvalue weighted by molar-refractivity contribution is 9.10. The van der Waals surface area contributed by atoms with Crippen molar-refractivity contribution >= 4 is 79.9 Å². The van der Waals surface area contributed by atoms with Gasteiger partial charge >= 0.3 is 0 Å². The van der Waals surface area contributed by atoms with Crippen LogP contribution < -0.4 is 25.6 Å². The SMILES string of the molecule is O=C(CCCOc1ccc(Cl)cc1Cl)NNC(=S)NC(=O)COc1ccc(Br)cc1Cl. The minimum atomic E-state index is -0.515. The third-order valence-corrected chi connectivity index (χ3v) is 5.04. The molecule has 0 heterocycles. The monoisotopic (exact) mass is 567 g/mol. The van der Waals surface area contributed by atoms with E-state index in [1.807, 2.05) is 0 Å². The molecule has 2 rings (SSSR count). The first-order valence-corrected chi connectivity index (χ1v) is 11.1. The van der Waals surface area contributed by atoms with Crippen molar-refractivity contribution in [1.29, 1.82) is 0 Å². The Balaban J connectivity index is 1.60. The van der Waals surface area contributed by atoms with Gasteiger partial charge in [-0.2, -0.15) is 0 Å². The van der Waals surface area contributed by atoms with Crippen molar-refractivity contribution < 1.29 is 19.1 Å². The third kappa shape index (κ3) is 9.49. The molecule has 0 saturated carbocycles. The van der Waals surface area contributed by atoms with Gasteiger partial charge in [0.2, 0.25) is 5.91 Å². The maximum atomic E-state index is 11.9. The number of carbonyl (C=O) groups is 2. The quantitative estimate of drug-likeness (QED) is 0.243. The largest absolute Gasteiger partial charge is 0.492 e. The number of amides is 2. The summed E-state index contributed by atoms with van der Waals surface area (Å²) in [6, 6.07) is 9.89. The van der Waals surface area contributed by atoms with Gasteiger partial charge < -0.3 is 9.47 Å². The van der Waals surface area contributed by atoms with Crippen molar-refractivity contribution in [2.24, 2.45) is 0 Å². The Hall–Kier alpha value is -1.78. The Bertz CT molecular complexity index is 965. The first kappa shape index (κ1) is 25.5. The van der Waals surface area contributed by atoms with Crippen LogP contribution in [0.15, 0.2) is 40.9 Å². The fourth-order valence-corrected chi connectivity index (χ4v) is 3.48. The molecule has 0 aliphatic carbocycles. The molecule has 0 aliphatic heterocycles. The lowest BCUT2D eigenvalue weighted by molar-refractivity contribution is -0.123. The molecule has 0 radical (unpaired) electrons. The molecule has 3 N–H and O–H groups in total. The average Bonchev–Trinajstić information content (AvgIpc) is 2.70. The molecule has 2 aromatic carbocycles. The normalized spacial score (nSPS) is 10.2. The summed E-state index contributed by atoms with van der Waals surface area (Å²) < 4.78 is 11.6. The molecule has 0 saturated heterocycles. The van der Waals surface area contributed by atoms with E-state index < -0.39 is 5.91 Å². The fraction of sp³-hybridized carbons (Fsp3) is 0.211. The second kappa shape index (κ2) is 12.9. The summed E-state index contributed by atoms with van der Waals surface area (Å²) in [5, 5.41) is 3.56. The summed E-state index contributed by atoms with van der Waals surface area (Å²) in [5.74, 6) is -0.00582. The number of nitrogens with one attached hydrogen (secondary N) is 3. The van der Waals surface area contributed by atoms with E-state index in [9.17, 15) is 9.59 Å². The minimum absolute atomic E-state index is 0.0759. The van der Waals surface area contributed by atoms with Crippen LogP contribution in [0, 0.1) is 0 Å². The standard InChI is InChI=1S/C19H17BrCl3N3O4S/c20-11-3-5-16(13(22)8-11)30-10-18(28)24-19(31)26-25-17(27)2-1-7-29-15-6-4-12(21)9-14(15)23/h3-6,8-9H,1-2,7,10H2,(H,25,27)(H2,24,26,28,31). The molecule has 0 aromatic heterocycles. The molecule has 7 nitrogen and oxygen atoms in total. The van der Waals surface area contributed by atoms with Crippen LogP contribution in [-0.4, -0.2) is 30.1 Å². The smallest absolute Gasteiger partial charge is 0.264 e. The Morgan fingerprint density at radius 3 is 2.32 bits per heavy atom. The van der Waals surface area contributed by atoms with Gasteiger partial charge in [0.05, 0.1) is 16.7 Å². The van der Waals surface area contributed by atoms with E-state index in [0.29, 0.717) is 33.0 Å². The van der Waals surface area contributed by atoms with Crippen LogP contribution in [0.2, 0.25) is 15.1 Å². The number of hydrogen-bond donors (Lipinski definition) is 3. The van der Waals surface area contributed by atoms with Gasteiger partial charge in [0, 0.05) is 15.9 Å². The second-order valence-electron chi connectivity index (χ2n) is 5.94. The number of carbonyl (C=O) groups excluding carboxylic acids is 2. The van der Waals surface area contributed by atoms with Crippen molar-refractivity contribution in [2.45, 2.75) is 12.8 Å². The lowest BCUT2D eigenvalue weighted by Gasteiger charge is -2.12. The molecule has 0 atom stereocenters. The van der Waals surface area contributed by atoms with Gasteiger partial charge in [0.15, 0.2) is 11.7 Å². The Labute approximate surface area is 207 Å². The maximum absolute atomic E-state index is 11.9. The summed E-state index contributed by atoms with van der Waals surface area (Å²) in [5.41, 5.74) is 4.82. The molecule has 0 fully saturated rings. The van der Waals surface area contributed by atoms with E-state index in [-0.39, 0.29) is 30.7 Å². The van der Waals surface area contributed by atoms with Crippen LogP contribution in [0.4, 0.5) is 0 Å². The van der Waals surface area contributed by atoms with E-state index >= 15 is 0 Å². The molecule has 166 valence electrons. The number of hydrogen-bond acceptors (Lipinski definition) is 5. The van der Waals surface area contributed by atoms with Crippen LogP contribution in [0.25, 0.3) is 0 Å². The van der Waals surface area contributed by atoms with Crippen LogP contribution in [0.5, 0.6) is 11.5 Å². The molecule has 0 unspecified atom stereocenters. The zero-order chi connectivity index (χ0) is 22.8. The van der Waals surface area contributed by atoms with Crippen molar-refractivity contribution in [3.05, 3.63) is 55.9 Å². The second-order valence-corrected chi connectivity index (χ2v) is 8.52. The third-order valence-electron chi connectivity index (χ3n) is 3.52. The van der Waals surface area contributed by atoms with Crippen molar-refractivity contribution in [2.75, 3.05) is 13.2 Å². The predicted octanol–water partition coefficient (Wildman–Crippen LogP) is 4.67. The highest BCUT2D eigenvalue weighted by Gasteiger charge is 2.09. The highest BCUT2D eigenvalue weighted by atomic mass is 79.9. The maximum Gasteiger partial charge on any atom is 0.264 e. The molecule has 0 bridgehead atoms. The lowest BCUT2D eigenvalue weighted by Crippen LogP contribution is -2.49. The Kier molecular flexibility index (Phi) is 10.6.